The van der Waals surface area contributed by atoms with Gasteiger partial charge in [-0.3, -0.25) is 0 Å². The Labute approximate surface area is 431 Å². The Morgan fingerprint density at radius 1 is 0.333 bits per heavy atom. The zero-order valence-corrected chi connectivity index (χ0v) is 42.0. The van der Waals surface area contributed by atoms with Gasteiger partial charge in [-0.2, -0.15) is 0 Å². The molecule has 0 atom stereocenters. The summed E-state index contributed by atoms with van der Waals surface area (Å²) < 4.78 is 152. The summed E-state index contributed by atoms with van der Waals surface area (Å²) in [7, 11) is -4.69. The first-order valence-electron chi connectivity index (χ1n) is 16.6. The zero-order valence-electron chi connectivity index (χ0n) is 31.3. The summed E-state index contributed by atoms with van der Waals surface area (Å²) >= 11 is 29.3. The molecule has 0 unspecified atom stereocenters. The first kappa shape index (κ1) is 54.2. The van der Waals surface area contributed by atoms with Gasteiger partial charge in [-0.25, -0.2) is 67.0 Å². The molecule has 4 N–H and O–H groups in total. The van der Waals surface area contributed by atoms with Gasteiger partial charge in [0.2, 0.25) is 0 Å². The van der Waals surface area contributed by atoms with Gasteiger partial charge in [-0.05, 0) is 128 Å². The predicted octanol–water partition coefficient (Wildman–Crippen LogP) is 8.48. The highest BCUT2D eigenvalue weighted by atomic mass is 127. The lowest BCUT2D eigenvalue weighted by Crippen LogP contribution is -2.41. The highest BCUT2D eigenvalue weighted by Crippen LogP contribution is 2.36. The second-order valence-electron chi connectivity index (χ2n) is 12.0. The number of hydrogen-bond acceptors (Lipinski definition) is 19. The second kappa shape index (κ2) is 22.1. The molecule has 10 aromatic rings. The third-order valence-electron chi connectivity index (χ3n) is 8.11. The van der Waals surface area contributed by atoms with Gasteiger partial charge < -0.3 is 20.1 Å². The molecule has 0 aliphatic carbocycles. The predicted molar refractivity (Wildman–Crippen MR) is 237 cm³/mol. The van der Waals surface area contributed by atoms with Crippen LogP contribution < -0.4 is 10.9 Å². The topological polar surface area (TPSA) is 276 Å². The maximum atomic E-state index is 13.5. The van der Waals surface area contributed by atoms with Gasteiger partial charge in [0.15, 0.2) is 102 Å². The van der Waals surface area contributed by atoms with Crippen LogP contribution in [0.3, 0.4) is 0 Å². The SMILES string of the molecule is Fc1c(F)c(Br)c2nonc2c1Br.Fc1c(F)c(Br)c2nonc2c1Cl.Fc1c(F)c(Cl)c2nonc2c1Cl.Fc1c(F)c(I)c2nonc2c1Br.OB(O)c1c(F)c(F)c(B(O)O)c2nonc12. The number of hydrogen-bond donors (Lipinski definition) is 4. The molecule has 0 fully saturated rings. The molecule has 360 valence electrons. The molecule has 5 aromatic heterocycles. The van der Waals surface area contributed by atoms with Crippen LogP contribution in [-0.4, -0.2) is 85.9 Å². The Balaban J connectivity index is 0.000000142. The number of fused-ring (bicyclic) bond motifs is 5. The smallest absolute Gasteiger partial charge is 0.423 e. The van der Waals surface area contributed by atoms with Gasteiger partial charge in [-0.15, -0.1) is 0 Å². The third kappa shape index (κ3) is 10.3. The van der Waals surface area contributed by atoms with E-state index in [-0.39, 0.29) is 65.6 Å². The van der Waals surface area contributed by atoms with E-state index in [0.717, 1.165) is 0 Å². The van der Waals surface area contributed by atoms with Crippen molar-refractivity contribution in [2.75, 3.05) is 0 Å². The second-order valence-corrected chi connectivity index (χ2v) is 17.4. The number of aromatic nitrogens is 10. The van der Waals surface area contributed by atoms with E-state index in [1.807, 2.05) is 0 Å². The van der Waals surface area contributed by atoms with Gasteiger partial charge in [0, 0.05) is 0 Å². The Hall–Kier alpha value is -4.11. The van der Waals surface area contributed by atoms with Crippen LogP contribution in [0.1, 0.15) is 0 Å². The Morgan fingerprint density at radius 2 is 0.551 bits per heavy atom. The fourth-order valence-electron chi connectivity index (χ4n) is 4.97. The zero-order chi connectivity index (χ0) is 51.1. The fourth-order valence-corrected chi connectivity index (χ4v) is 7.91. The first-order valence-corrected chi connectivity index (χ1v) is 22.0. The molecule has 0 amide bonds. The minimum absolute atomic E-state index is 0.00700. The molecule has 0 saturated heterocycles. The van der Waals surface area contributed by atoms with E-state index in [1.165, 1.54) is 0 Å². The van der Waals surface area contributed by atoms with E-state index in [9.17, 15) is 43.9 Å². The lowest BCUT2D eigenvalue weighted by Gasteiger charge is -2.07. The summed E-state index contributed by atoms with van der Waals surface area (Å²) in [5.74, 6) is -12.1. The summed E-state index contributed by atoms with van der Waals surface area (Å²) in [5.41, 5.74) is -2.21. The van der Waals surface area contributed by atoms with Crippen molar-refractivity contribution in [2.45, 2.75) is 0 Å². The van der Waals surface area contributed by atoms with Crippen LogP contribution in [-0.2, 0) is 0 Å². The van der Waals surface area contributed by atoms with Crippen molar-refractivity contribution in [3.05, 3.63) is 94.7 Å². The van der Waals surface area contributed by atoms with Crippen molar-refractivity contribution in [3.8, 4) is 0 Å². The molecule has 0 saturated carbocycles. The minimum Gasteiger partial charge on any atom is -0.423 e. The molecule has 5 heterocycles. The Bertz CT molecular complexity index is 3030. The number of nitrogens with zero attached hydrogens (tertiary/aromatic N) is 10. The van der Waals surface area contributed by atoms with Crippen molar-refractivity contribution >= 4 is 201 Å². The van der Waals surface area contributed by atoms with Crippen molar-refractivity contribution in [1.29, 1.82) is 0 Å². The molecule has 0 radical (unpaired) electrons. The molecule has 10 rings (SSSR count). The molecule has 0 aliphatic heterocycles. The molecule has 69 heavy (non-hydrogen) atoms. The van der Waals surface area contributed by atoms with Crippen LogP contribution in [0.2, 0.25) is 15.1 Å². The lowest BCUT2D eigenvalue weighted by molar-refractivity contribution is 0.315. The van der Waals surface area contributed by atoms with E-state index < -0.39 is 109 Å². The van der Waals surface area contributed by atoms with Crippen molar-refractivity contribution in [3.63, 3.8) is 0 Å². The molecule has 5 aromatic carbocycles. The molecule has 39 heteroatoms. The normalized spacial score (nSPS) is 11.0. The van der Waals surface area contributed by atoms with Crippen LogP contribution in [0, 0.1) is 61.7 Å². The first-order chi connectivity index (χ1) is 32.5. The van der Waals surface area contributed by atoms with E-state index in [1.54, 1.807) is 22.6 Å². The molecule has 0 spiro atoms. The summed E-state index contributed by atoms with van der Waals surface area (Å²) in [4.78, 5) is 0. The number of benzene rings is 5. The molecule has 0 aliphatic rings. The minimum atomic E-state index is -2.34. The monoisotopic (exact) mass is 1410 g/mol. The van der Waals surface area contributed by atoms with Crippen LogP contribution in [0.25, 0.3) is 55.2 Å². The Kier molecular flexibility index (Phi) is 17.4. The summed E-state index contributed by atoms with van der Waals surface area (Å²) in [5, 5.41) is 67.4. The highest BCUT2D eigenvalue weighted by molar-refractivity contribution is 14.1. The maximum Gasteiger partial charge on any atom is 0.494 e. The fraction of sp³-hybridized carbons (Fsp3) is 0. The quantitative estimate of drug-likeness (QED) is 0.0415. The van der Waals surface area contributed by atoms with Gasteiger partial charge in [0.1, 0.15) is 26.1 Å². The summed E-state index contributed by atoms with van der Waals surface area (Å²) in [6, 6.07) is 0. The molecular weight excluding hydrogens is 1410 g/mol. The van der Waals surface area contributed by atoms with Gasteiger partial charge >= 0.3 is 14.2 Å². The van der Waals surface area contributed by atoms with Crippen LogP contribution in [0.4, 0.5) is 43.9 Å². The molecule has 0 bridgehead atoms. The third-order valence-corrected chi connectivity index (χ3v) is 13.0. The summed E-state index contributed by atoms with van der Waals surface area (Å²) in [6.45, 7) is 0. The van der Waals surface area contributed by atoms with Crippen LogP contribution in [0.15, 0.2) is 41.0 Å². The van der Waals surface area contributed by atoms with E-state index in [2.05, 4.69) is 138 Å². The van der Waals surface area contributed by atoms with Crippen molar-refractivity contribution < 1.29 is 87.1 Å². The Morgan fingerprint density at radius 3 is 0.884 bits per heavy atom. The average Bonchev–Trinajstić information content (AvgIpc) is 4.19. The summed E-state index contributed by atoms with van der Waals surface area (Å²) in [6.07, 6.45) is 0. The lowest BCUT2D eigenvalue weighted by atomic mass is 9.72. The number of halogens is 18. The maximum absolute atomic E-state index is 13.5. The standard InChI is InChI=1S/C6H4B2F2N2O5.C6Br2F2N2O.C6BrClF2N2O.C6BrF2IN2O.C6Cl2F2N2O/c9-3-1(7(13)14)5-6(12-17-11-5)2(4(3)10)8(15)16;2*7-1-3(9)4(10)2(8)6-5(1)11-13-12-6;7-1-2(8)3(9)4(10)6-5(1)11-13-12-6;7-1-3(9)4(10)2(8)6-5(1)11-13-12-6/h13-16H;;;;. The van der Waals surface area contributed by atoms with Gasteiger partial charge in [0.25, 0.3) is 0 Å². The van der Waals surface area contributed by atoms with Crippen LogP contribution >= 0.6 is 121 Å². The van der Waals surface area contributed by atoms with E-state index >= 15 is 0 Å². The van der Waals surface area contributed by atoms with Crippen molar-refractivity contribution in [1.82, 2.24) is 51.6 Å². The van der Waals surface area contributed by atoms with Crippen LogP contribution in [0.5, 0.6) is 0 Å². The van der Waals surface area contributed by atoms with Gasteiger partial charge in [0.05, 0.1) is 32.4 Å². The molecule has 19 nitrogen and oxygen atoms in total. The molecular formula is C30H4B2Br4Cl3F10IN10O9. The van der Waals surface area contributed by atoms with E-state index in [0.29, 0.717) is 0 Å². The average molecular weight is 1410 g/mol. The van der Waals surface area contributed by atoms with Gasteiger partial charge in [-0.1, -0.05) is 45.1 Å². The largest absolute Gasteiger partial charge is 0.494 e. The van der Waals surface area contributed by atoms with Crippen molar-refractivity contribution in [2.24, 2.45) is 0 Å². The number of rotatable bonds is 2. The highest BCUT2D eigenvalue weighted by Gasteiger charge is 2.34. The van der Waals surface area contributed by atoms with E-state index in [4.69, 9.17) is 54.9 Å².